The van der Waals surface area contributed by atoms with Crippen LogP contribution in [0, 0.1) is 12.7 Å². The van der Waals surface area contributed by atoms with E-state index in [0.717, 1.165) is 5.56 Å². The average Bonchev–Trinajstić information content (AvgIpc) is 2.93. The maximum Gasteiger partial charge on any atom is 0.181 e. The van der Waals surface area contributed by atoms with Gasteiger partial charge in [-0.05, 0) is 18.6 Å². The van der Waals surface area contributed by atoms with Gasteiger partial charge in [0.25, 0.3) is 0 Å². The molecule has 94 valence electrons. The fraction of sp³-hybridized carbons (Fsp3) is 0.0667. The van der Waals surface area contributed by atoms with Crippen LogP contribution in [0.5, 0.6) is 0 Å². The molecule has 0 amide bonds. The molecule has 0 saturated heterocycles. The van der Waals surface area contributed by atoms with E-state index in [0.29, 0.717) is 22.8 Å². The molecule has 0 atom stereocenters. The van der Waals surface area contributed by atoms with Gasteiger partial charge in [-0.1, -0.05) is 42.5 Å². The molecule has 0 saturated carbocycles. The second-order valence-electron chi connectivity index (χ2n) is 4.34. The van der Waals surface area contributed by atoms with Gasteiger partial charge in [0.2, 0.25) is 0 Å². The fourth-order valence-electron chi connectivity index (χ4n) is 1.85. The van der Waals surface area contributed by atoms with Crippen molar-refractivity contribution in [3.8, 4) is 22.8 Å². The number of benzene rings is 2. The summed E-state index contributed by atoms with van der Waals surface area (Å²) in [7, 11) is 0. The Hall–Kier alpha value is -2.49. The molecule has 0 bridgehead atoms. The van der Waals surface area contributed by atoms with Crippen molar-refractivity contribution in [2.45, 2.75) is 6.92 Å². The Morgan fingerprint density at radius 3 is 2.53 bits per heavy atom. The molecule has 0 unspecified atom stereocenters. The van der Waals surface area contributed by atoms with Crippen LogP contribution in [0.3, 0.4) is 0 Å². The van der Waals surface area contributed by atoms with Gasteiger partial charge in [0.15, 0.2) is 11.6 Å². The van der Waals surface area contributed by atoms with E-state index in [1.54, 1.807) is 13.0 Å². The van der Waals surface area contributed by atoms with Crippen molar-refractivity contribution in [2.24, 2.45) is 0 Å². The lowest BCUT2D eigenvalue weighted by molar-refractivity contribution is 0.619. The van der Waals surface area contributed by atoms with E-state index < -0.39 is 0 Å². The van der Waals surface area contributed by atoms with Crippen LogP contribution in [0.25, 0.3) is 22.8 Å². The first kappa shape index (κ1) is 11.6. The third-order valence-corrected chi connectivity index (χ3v) is 2.96. The molecule has 4 heteroatoms. The van der Waals surface area contributed by atoms with Crippen molar-refractivity contribution in [3.05, 3.63) is 59.9 Å². The molecule has 0 aliphatic rings. The maximum atomic E-state index is 13.5. The minimum absolute atomic E-state index is 0.247. The number of aromatic nitrogens is 3. The van der Waals surface area contributed by atoms with E-state index in [4.69, 9.17) is 0 Å². The molecule has 1 aromatic heterocycles. The minimum atomic E-state index is -0.247. The first-order chi connectivity index (χ1) is 9.24. The molecule has 0 fully saturated rings. The summed E-state index contributed by atoms with van der Waals surface area (Å²) in [6.45, 7) is 1.73. The van der Waals surface area contributed by atoms with Crippen molar-refractivity contribution < 1.29 is 4.39 Å². The normalized spacial score (nSPS) is 10.6. The first-order valence-electron chi connectivity index (χ1n) is 5.98. The van der Waals surface area contributed by atoms with Gasteiger partial charge in [-0.2, -0.15) is 5.10 Å². The zero-order chi connectivity index (χ0) is 13.2. The van der Waals surface area contributed by atoms with Crippen molar-refractivity contribution in [1.82, 2.24) is 15.2 Å². The summed E-state index contributed by atoms with van der Waals surface area (Å²) in [4.78, 5) is 4.39. The highest BCUT2D eigenvalue weighted by atomic mass is 19.1. The number of rotatable bonds is 2. The predicted octanol–water partition coefficient (Wildman–Crippen LogP) is 3.59. The third-order valence-electron chi connectivity index (χ3n) is 2.96. The number of aryl methyl sites for hydroxylation is 1. The minimum Gasteiger partial charge on any atom is -0.259 e. The van der Waals surface area contributed by atoms with E-state index in [2.05, 4.69) is 15.2 Å². The first-order valence-corrected chi connectivity index (χ1v) is 5.98. The zero-order valence-electron chi connectivity index (χ0n) is 10.4. The molecule has 0 spiro atoms. The smallest absolute Gasteiger partial charge is 0.181 e. The number of hydrogen-bond acceptors (Lipinski definition) is 2. The number of nitrogens with one attached hydrogen (secondary N) is 1. The Kier molecular flexibility index (Phi) is 2.83. The van der Waals surface area contributed by atoms with Crippen LogP contribution in [-0.4, -0.2) is 15.2 Å². The molecule has 3 aromatic rings. The van der Waals surface area contributed by atoms with Gasteiger partial charge < -0.3 is 0 Å². The number of halogens is 1. The number of hydrogen-bond donors (Lipinski definition) is 1. The van der Waals surface area contributed by atoms with Crippen LogP contribution in [0.15, 0.2) is 48.5 Å². The number of nitrogens with zero attached hydrogens (tertiary/aromatic N) is 2. The second kappa shape index (κ2) is 4.65. The highest BCUT2D eigenvalue weighted by molar-refractivity contribution is 5.61. The molecule has 3 rings (SSSR count). The van der Waals surface area contributed by atoms with Crippen LogP contribution in [0.2, 0.25) is 0 Å². The molecule has 1 heterocycles. The Labute approximate surface area is 110 Å². The standard InChI is InChI=1S/C15H12FN3/c1-10-7-8-12(9-13(10)16)15-17-14(18-19-15)11-5-3-2-4-6-11/h2-9H,1H3,(H,17,18,19). The summed E-state index contributed by atoms with van der Waals surface area (Å²) in [5.74, 6) is 0.929. The fourth-order valence-corrected chi connectivity index (χ4v) is 1.85. The van der Waals surface area contributed by atoms with Crippen LogP contribution in [-0.2, 0) is 0 Å². The third kappa shape index (κ3) is 2.25. The highest BCUT2D eigenvalue weighted by Gasteiger charge is 2.09. The lowest BCUT2D eigenvalue weighted by Crippen LogP contribution is -1.86. The Bertz CT molecular complexity index is 704. The van der Waals surface area contributed by atoms with Crippen molar-refractivity contribution in [1.29, 1.82) is 0 Å². The van der Waals surface area contributed by atoms with Gasteiger partial charge in [-0.25, -0.2) is 9.37 Å². The summed E-state index contributed by atoms with van der Waals surface area (Å²) in [5.41, 5.74) is 2.23. The SMILES string of the molecule is Cc1ccc(-c2n[nH]c(-c3ccccc3)n2)cc1F. The summed E-state index contributed by atoms with van der Waals surface area (Å²) in [6.07, 6.45) is 0. The lowest BCUT2D eigenvalue weighted by Gasteiger charge is -1.98. The largest absolute Gasteiger partial charge is 0.259 e. The van der Waals surface area contributed by atoms with E-state index >= 15 is 0 Å². The van der Waals surface area contributed by atoms with Gasteiger partial charge in [0, 0.05) is 11.1 Å². The van der Waals surface area contributed by atoms with E-state index in [9.17, 15) is 4.39 Å². The monoisotopic (exact) mass is 253 g/mol. The maximum absolute atomic E-state index is 13.5. The van der Waals surface area contributed by atoms with Gasteiger partial charge in [-0.3, -0.25) is 5.10 Å². The van der Waals surface area contributed by atoms with Gasteiger partial charge in [0.05, 0.1) is 0 Å². The topological polar surface area (TPSA) is 41.6 Å². The Morgan fingerprint density at radius 1 is 1.00 bits per heavy atom. The molecule has 19 heavy (non-hydrogen) atoms. The quantitative estimate of drug-likeness (QED) is 0.758. The second-order valence-corrected chi connectivity index (χ2v) is 4.34. The summed E-state index contributed by atoms with van der Waals surface area (Å²) < 4.78 is 13.5. The van der Waals surface area contributed by atoms with Crippen LogP contribution in [0.4, 0.5) is 4.39 Å². The molecule has 1 N–H and O–H groups in total. The highest BCUT2D eigenvalue weighted by Crippen LogP contribution is 2.21. The predicted molar refractivity (Wildman–Crippen MR) is 71.9 cm³/mol. The molecule has 3 nitrogen and oxygen atoms in total. The molecule has 0 radical (unpaired) electrons. The summed E-state index contributed by atoms with van der Waals surface area (Å²) in [5, 5.41) is 7.00. The van der Waals surface area contributed by atoms with Crippen molar-refractivity contribution in [3.63, 3.8) is 0 Å². The molecular formula is C15H12FN3. The van der Waals surface area contributed by atoms with Gasteiger partial charge >= 0.3 is 0 Å². The van der Waals surface area contributed by atoms with Crippen molar-refractivity contribution in [2.75, 3.05) is 0 Å². The van der Waals surface area contributed by atoms with Crippen LogP contribution < -0.4 is 0 Å². The molecular weight excluding hydrogens is 241 g/mol. The summed E-state index contributed by atoms with van der Waals surface area (Å²) >= 11 is 0. The molecule has 0 aliphatic carbocycles. The molecule has 0 aliphatic heterocycles. The average molecular weight is 253 g/mol. The van der Waals surface area contributed by atoms with E-state index in [1.807, 2.05) is 36.4 Å². The van der Waals surface area contributed by atoms with Crippen LogP contribution >= 0.6 is 0 Å². The Balaban J connectivity index is 1.99. The Morgan fingerprint density at radius 2 is 1.79 bits per heavy atom. The zero-order valence-corrected chi connectivity index (χ0v) is 10.4. The lowest BCUT2D eigenvalue weighted by atomic mass is 10.1. The van der Waals surface area contributed by atoms with Crippen molar-refractivity contribution >= 4 is 0 Å². The summed E-state index contributed by atoms with van der Waals surface area (Å²) in [6, 6.07) is 14.7. The van der Waals surface area contributed by atoms with E-state index in [1.165, 1.54) is 6.07 Å². The van der Waals surface area contributed by atoms with Gasteiger partial charge in [0.1, 0.15) is 5.82 Å². The van der Waals surface area contributed by atoms with E-state index in [-0.39, 0.29) is 5.82 Å². The van der Waals surface area contributed by atoms with Gasteiger partial charge in [-0.15, -0.1) is 0 Å². The molecule has 2 aromatic carbocycles. The number of H-pyrrole nitrogens is 1. The van der Waals surface area contributed by atoms with Crippen LogP contribution in [0.1, 0.15) is 5.56 Å². The number of aromatic amines is 1.